The molecule has 0 fully saturated rings. The van der Waals surface area contributed by atoms with E-state index >= 15 is 0 Å². The Labute approximate surface area is 381 Å². The highest BCUT2D eigenvalue weighted by Gasteiger charge is 2.26. The van der Waals surface area contributed by atoms with Crippen LogP contribution in [0.3, 0.4) is 0 Å². The summed E-state index contributed by atoms with van der Waals surface area (Å²) in [7, 11) is 0. The second-order valence-corrected chi connectivity index (χ2v) is 16.8. The van der Waals surface area contributed by atoms with E-state index in [2.05, 4.69) is 228 Å². The maximum Gasteiger partial charge on any atom is 0.238 e. The number of aromatic nitrogens is 5. The van der Waals surface area contributed by atoms with Gasteiger partial charge in [0.25, 0.3) is 0 Å². The number of nitrogens with zero attached hydrogens (tertiary/aromatic N) is 5. The predicted octanol–water partition coefficient (Wildman–Crippen LogP) is 15.6. The minimum absolute atomic E-state index is 0.553. The number of benzene rings is 10. The molecule has 308 valence electrons. The van der Waals surface area contributed by atoms with Gasteiger partial charge in [0.2, 0.25) is 5.95 Å². The molecule has 13 aromatic rings. The lowest BCUT2D eigenvalue weighted by Crippen LogP contribution is -2.06. The fraction of sp³-hybridized carbons (Fsp3) is 0. The number of fused-ring (bicyclic) bond motifs is 8. The molecule has 5 nitrogen and oxygen atoms in total. The number of para-hydroxylation sites is 3. The average Bonchev–Trinajstić information content (AvgIpc) is 3.92. The molecule has 66 heavy (non-hydrogen) atoms. The summed E-state index contributed by atoms with van der Waals surface area (Å²) in [5, 5.41) is 6.95. The lowest BCUT2D eigenvalue weighted by molar-refractivity contribution is 0.955. The van der Waals surface area contributed by atoms with Gasteiger partial charge in [0.15, 0.2) is 11.6 Å². The maximum absolute atomic E-state index is 5.47. The van der Waals surface area contributed by atoms with Crippen molar-refractivity contribution in [3.8, 4) is 67.8 Å². The Morgan fingerprint density at radius 2 is 0.773 bits per heavy atom. The van der Waals surface area contributed by atoms with E-state index in [-0.39, 0.29) is 0 Å². The summed E-state index contributed by atoms with van der Waals surface area (Å²) < 4.78 is 4.70. The van der Waals surface area contributed by atoms with E-state index in [0.717, 1.165) is 77.1 Å². The molecule has 0 saturated heterocycles. The molecule has 3 heterocycles. The van der Waals surface area contributed by atoms with Gasteiger partial charge in [-0.05, 0) is 80.6 Å². The van der Waals surface area contributed by atoms with Gasteiger partial charge in [0.05, 0.1) is 22.1 Å². The molecule has 0 spiro atoms. The smallest absolute Gasteiger partial charge is 0.238 e. The first-order valence-corrected chi connectivity index (χ1v) is 22.4. The van der Waals surface area contributed by atoms with E-state index in [1.54, 1.807) is 0 Å². The van der Waals surface area contributed by atoms with Gasteiger partial charge >= 0.3 is 0 Å². The van der Waals surface area contributed by atoms with Crippen LogP contribution < -0.4 is 0 Å². The molecule has 0 unspecified atom stereocenters. The molecular formula is C61H39N5. The third-order valence-electron chi connectivity index (χ3n) is 13.0. The molecule has 0 aliphatic carbocycles. The van der Waals surface area contributed by atoms with Gasteiger partial charge in [-0.3, -0.25) is 4.57 Å². The first kappa shape index (κ1) is 37.6. The van der Waals surface area contributed by atoms with Crippen LogP contribution >= 0.6 is 0 Å². The highest BCUT2D eigenvalue weighted by Crippen LogP contribution is 2.47. The second kappa shape index (κ2) is 15.4. The van der Waals surface area contributed by atoms with Gasteiger partial charge in [-0.25, -0.2) is 4.98 Å². The van der Waals surface area contributed by atoms with E-state index in [1.165, 1.54) is 27.5 Å². The van der Waals surface area contributed by atoms with Crippen molar-refractivity contribution in [1.82, 2.24) is 24.1 Å². The van der Waals surface area contributed by atoms with Gasteiger partial charge in [0.1, 0.15) is 0 Å². The molecule has 0 amide bonds. The molecule has 0 radical (unpaired) electrons. The van der Waals surface area contributed by atoms with Gasteiger partial charge in [-0.2, -0.15) is 9.97 Å². The van der Waals surface area contributed by atoms with Crippen LogP contribution in [0.1, 0.15) is 0 Å². The van der Waals surface area contributed by atoms with Crippen LogP contribution in [0.2, 0.25) is 0 Å². The standard InChI is InChI=1S/C61H39N5/c1-4-18-40(19-5-1)45-24-16-25-46(38-45)41-34-36-44(37-35-41)60-62-59(43-21-6-2-7-22-43)63-61(64-60)66-54-33-15-12-29-50(54)56-52(49-31-17-23-42-20-10-11-28-48(42)49)39-55-57(58(56)66)51-30-13-14-32-53(51)65(55)47-26-8-3-9-27-47/h1-39H. The molecule has 0 bridgehead atoms. The average molecular weight is 842 g/mol. The highest BCUT2D eigenvalue weighted by atomic mass is 15.2. The summed E-state index contributed by atoms with van der Waals surface area (Å²) in [6, 6.07) is 84.0. The van der Waals surface area contributed by atoms with Crippen LogP contribution in [0.4, 0.5) is 0 Å². The molecule has 13 rings (SSSR count). The van der Waals surface area contributed by atoms with Gasteiger partial charge < -0.3 is 4.57 Å². The highest BCUT2D eigenvalue weighted by molar-refractivity contribution is 6.30. The summed E-state index contributed by atoms with van der Waals surface area (Å²) in [4.78, 5) is 16.1. The SMILES string of the molecule is c1ccc(-c2cccc(-c3ccc(-c4nc(-c5ccccc5)nc(-n5c6ccccc6c6c(-c7cccc8ccccc78)cc7c(c8ccccc8n7-c7ccccc7)c65)n4)cc3)c2)cc1. The summed E-state index contributed by atoms with van der Waals surface area (Å²) in [6.45, 7) is 0. The van der Waals surface area contributed by atoms with Crippen LogP contribution in [0.5, 0.6) is 0 Å². The first-order valence-electron chi connectivity index (χ1n) is 22.4. The van der Waals surface area contributed by atoms with Gasteiger partial charge in [-0.15, -0.1) is 0 Å². The van der Waals surface area contributed by atoms with E-state index in [4.69, 9.17) is 15.0 Å². The Bertz CT molecular complexity index is 3960. The molecule has 0 atom stereocenters. The van der Waals surface area contributed by atoms with Crippen molar-refractivity contribution in [2.24, 2.45) is 0 Å². The van der Waals surface area contributed by atoms with Crippen molar-refractivity contribution in [1.29, 1.82) is 0 Å². The van der Waals surface area contributed by atoms with E-state index in [0.29, 0.717) is 17.6 Å². The summed E-state index contributed by atoms with van der Waals surface area (Å²) in [6.07, 6.45) is 0. The molecule has 0 N–H and O–H groups in total. The van der Waals surface area contributed by atoms with Crippen LogP contribution in [0.25, 0.3) is 122 Å². The number of rotatable bonds is 7. The van der Waals surface area contributed by atoms with E-state index in [9.17, 15) is 0 Å². The fourth-order valence-corrected chi connectivity index (χ4v) is 9.97. The Morgan fingerprint density at radius 3 is 1.47 bits per heavy atom. The van der Waals surface area contributed by atoms with Crippen molar-refractivity contribution in [3.05, 3.63) is 237 Å². The topological polar surface area (TPSA) is 48.5 Å². The van der Waals surface area contributed by atoms with Crippen molar-refractivity contribution in [2.45, 2.75) is 0 Å². The fourth-order valence-electron chi connectivity index (χ4n) is 9.97. The number of hydrogen-bond acceptors (Lipinski definition) is 3. The minimum atomic E-state index is 0.553. The molecule has 0 saturated carbocycles. The van der Waals surface area contributed by atoms with Crippen LogP contribution in [-0.2, 0) is 0 Å². The molecular weight excluding hydrogens is 803 g/mol. The first-order chi connectivity index (χ1) is 32.7. The number of hydrogen-bond donors (Lipinski definition) is 0. The third kappa shape index (κ3) is 6.13. The second-order valence-electron chi connectivity index (χ2n) is 16.8. The lowest BCUT2D eigenvalue weighted by Gasteiger charge is -2.14. The van der Waals surface area contributed by atoms with Crippen LogP contribution in [0, 0.1) is 0 Å². The molecule has 5 heteroatoms. The van der Waals surface area contributed by atoms with Crippen LogP contribution in [-0.4, -0.2) is 24.1 Å². The minimum Gasteiger partial charge on any atom is -0.309 e. The predicted molar refractivity (Wildman–Crippen MR) is 273 cm³/mol. The largest absolute Gasteiger partial charge is 0.309 e. The summed E-state index contributed by atoms with van der Waals surface area (Å²) in [5.41, 5.74) is 14.2. The molecule has 10 aromatic carbocycles. The zero-order valence-electron chi connectivity index (χ0n) is 35.8. The normalized spacial score (nSPS) is 11.6. The van der Waals surface area contributed by atoms with E-state index < -0.39 is 0 Å². The Hall–Kier alpha value is -8.93. The van der Waals surface area contributed by atoms with Gasteiger partial charge in [0, 0.05) is 38.4 Å². The van der Waals surface area contributed by atoms with Crippen molar-refractivity contribution >= 4 is 54.4 Å². The third-order valence-corrected chi connectivity index (χ3v) is 13.0. The maximum atomic E-state index is 5.47. The zero-order valence-corrected chi connectivity index (χ0v) is 35.8. The van der Waals surface area contributed by atoms with Crippen molar-refractivity contribution < 1.29 is 0 Å². The summed E-state index contributed by atoms with van der Waals surface area (Å²) >= 11 is 0. The molecule has 3 aromatic heterocycles. The quantitative estimate of drug-likeness (QED) is 0.161. The summed E-state index contributed by atoms with van der Waals surface area (Å²) in [5.74, 6) is 1.76. The Kier molecular flexibility index (Phi) is 8.78. The zero-order chi connectivity index (χ0) is 43.6. The lowest BCUT2D eigenvalue weighted by atomic mass is 9.93. The molecule has 0 aliphatic rings. The van der Waals surface area contributed by atoms with E-state index in [1.807, 2.05) is 18.2 Å². The van der Waals surface area contributed by atoms with Crippen molar-refractivity contribution in [3.63, 3.8) is 0 Å². The molecule has 0 aliphatic heterocycles. The Morgan fingerprint density at radius 1 is 0.288 bits per heavy atom. The van der Waals surface area contributed by atoms with Crippen LogP contribution in [0.15, 0.2) is 237 Å². The van der Waals surface area contributed by atoms with Gasteiger partial charge in [-0.1, -0.05) is 200 Å². The monoisotopic (exact) mass is 841 g/mol. The Balaban J connectivity index is 1.11. The van der Waals surface area contributed by atoms with Crippen molar-refractivity contribution in [2.75, 3.05) is 0 Å².